The van der Waals surface area contributed by atoms with Gasteiger partial charge in [0, 0.05) is 36.4 Å². The smallest absolute Gasteiger partial charge is 0.0510 e. The van der Waals surface area contributed by atoms with Crippen LogP contribution in [0, 0.1) is 5.92 Å². The molecule has 18 heavy (non-hydrogen) atoms. The van der Waals surface area contributed by atoms with Crippen molar-refractivity contribution in [1.82, 2.24) is 10.3 Å². The lowest BCUT2D eigenvalue weighted by molar-refractivity contribution is 0.172. The molecule has 1 aromatic heterocycles. The van der Waals surface area contributed by atoms with E-state index in [2.05, 4.69) is 36.3 Å². The van der Waals surface area contributed by atoms with Crippen molar-refractivity contribution in [2.24, 2.45) is 5.92 Å². The first-order valence-electron chi connectivity index (χ1n) is 7.05. The molecule has 0 aromatic carbocycles. The number of aromatic nitrogens is 1. The Kier molecular flexibility index (Phi) is 5.14. The Bertz CT molecular complexity index is 336. The summed E-state index contributed by atoms with van der Waals surface area (Å²) in [5, 5.41) is 3.69. The van der Waals surface area contributed by atoms with E-state index in [0.717, 1.165) is 19.8 Å². The second-order valence-electron chi connectivity index (χ2n) is 5.15. The van der Waals surface area contributed by atoms with Gasteiger partial charge in [-0.1, -0.05) is 19.9 Å². The van der Waals surface area contributed by atoms with Crippen molar-refractivity contribution in [3.05, 3.63) is 30.1 Å². The van der Waals surface area contributed by atoms with Crippen molar-refractivity contribution in [3.63, 3.8) is 0 Å². The summed E-state index contributed by atoms with van der Waals surface area (Å²) in [7, 11) is 0. The van der Waals surface area contributed by atoms with Gasteiger partial charge in [0.1, 0.15) is 0 Å². The van der Waals surface area contributed by atoms with E-state index >= 15 is 0 Å². The molecular formula is C15H24N2O. The van der Waals surface area contributed by atoms with Crippen molar-refractivity contribution in [1.29, 1.82) is 0 Å². The molecule has 0 saturated carbocycles. The minimum absolute atomic E-state index is 0.435. The molecule has 2 heterocycles. The van der Waals surface area contributed by atoms with E-state index in [4.69, 9.17) is 4.74 Å². The van der Waals surface area contributed by atoms with Gasteiger partial charge in [-0.3, -0.25) is 4.98 Å². The van der Waals surface area contributed by atoms with Gasteiger partial charge in [0.25, 0.3) is 0 Å². The van der Waals surface area contributed by atoms with E-state index in [9.17, 15) is 0 Å². The SMILES string of the molecule is CCCNC(C1CCOC1)C(C)c1ccccn1. The van der Waals surface area contributed by atoms with Crippen LogP contribution in [0.2, 0.25) is 0 Å². The summed E-state index contributed by atoms with van der Waals surface area (Å²) >= 11 is 0. The second kappa shape index (κ2) is 6.86. The second-order valence-corrected chi connectivity index (χ2v) is 5.15. The van der Waals surface area contributed by atoms with Crippen LogP contribution < -0.4 is 5.32 Å². The molecular weight excluding hydrogens is 224 g/mol. The summed E-state index contributed by atoms with van der Waals surface area (Å²) in [6.07, 6.45) is 4.21. The Labute approximate surface area is 110 Å². The highest BCUT2D eigenvalue weighted by Gasteiger charge is 2.30. The van der Waals surface area contributed by atoms with Crippen LogP contribution in [-0.4, -0.2) is 30.8 Å². The lowest BCUT2D eigenvalue weighted by Crippen LogP contribution is -2.41. The van der Waals surface area contributed by atoms with Crippen molar-refractivity contribution < 1.29 is 4.74 Å². The van der Waals surface area contributed by atoms with E-state index in [-0.39, 0.29) is 0 Å². The predicted molar refractivity (Wildman–Crippen MR) is 73.7 cm³/mol. The lowest BCUT2D eigenvalue weighted by Gasteiger charge is -2.29. The third-order valence-corrected chi connectivity index (χ3v) is 3.80. The first-order valence-corrected chi connectivity index (χ1v) is 7.05. The Morgan fingerprint density at radius 2 is 2.39 bits per heavy atom. The highest BCUT2D eigenvalue weighted by molar-refractivity contribution is 5.12. The average Bonchev–Trinajstić information content (AvgIpc) is 2.94. The fourth-order valence-corrected chi connectivity index (χ4v) is 2.73. The zero-order valence-corrected chi connectivity index (χ0v) is 11.4. The fourth-order valence-electron chi connectivity index (χ4n) is 2.73. The number of hydrogen-bond acceptors (Lipinski definition) is 3. The van der Waals surface area contributed by atoms with Crippen LogP contribution in [0.3, 0.4) is 0 Å². The molecule has 1 aliphatic heterocycles. The summed E-state index contributed by atoms with van der Waals surface area (Å²) < 4.78 is 5.54. The Morgan fingerprint density at radius 1 is 1.50 bits per heavy atom. The van der Waals surface area contributed by atoms with Gasteiger partial charge in [-0.2, -0.15) is 0 Å². The molecule has 3 unspecified atom stereocenters. The van der Waals surface area contributed by atoms with E-state index < -0.39 is 0 Å². The van der Waals surface area contributed by atoms with Crippen molar-refractivity contribution in [2.45, 2.75) is 38.6 Å². The van der Waals surface area contributed by atoms with Crippen LogP contribution >= 0.6 is 0 Å². The van der Waals surface area contributed by atoms with Gasteiger partial charge in [0.15, 0.2) is 0 Å². The maximum atomic E-state index is 5.54. The van der Waals surface area contributed by atoms with E-state index in [1.807, 2.05) is 12.3 Å². The minimum atomic E-state index is 0.435. The molecule has 0 spiro atoms. The molecule has 0 aliphatic carbocycles. The fraction of sp³-hybridized carbons (Fsp3) is 0.667. The number of hydrogen-bond donors (Lipinski definition) is 1. The van der Waals surface area contributed by atoms with Crippen LogP contribution in [-0.2, 0) is 4.74 Å². The number of ether oxygens (including phenoxy) is 1. The molecule has 3 nitrogen and oxygen atoms in total. The molecule has 1 aromatic rings. The average molecular weight is 248 g/mol. The van der Waals surface area contributed by atoms with Gasteiger partial charge in [0.05, 0.1) is 6.61 Å². The molecule has 3 atom stereocenters. The number of nitrogens with one attached hydrogen (secondary N) is 1. The van der Waals surface area contributed by atoms with Gasteiger partial charge >= 0.3 is 0 Å². The van der Waals surface area contributed by atoms with Crippen molar-refractivity contribution in [2.75, 3.05) is 19.8 Å². The highest BCUT2D eigenvalue weighted by Crippen LogP contribution is 2.27. The Morgan fingerprint density at radius 3 is 3.00 bits per heavy atom. The highest BCUT2D eigenvalue weighted by atomic mass is 16.5. The zero-order valence-electron chi connectivity index (χ0n) is 11.4. The van der Waals surface area contributed by atoms with Crippen LogP contribution in [0.25, 0.3) is 0 Å². The van der Waals surface area contributed by atoms with Crippen LogP contribution in [0.4, 0.5) is 0 Å². The standard InChI is InChI=1S/C15H24N2O/c1-3-8-17-15(13-7-10-18-11-13)12(2)14-6-4-5-9-16-14/h4-6,9,12-13,15,17H,3,7-8,10-11H2,1-2H3. The molecule has 100 valence electrons. The van der Waals surface area contributed by atoms with Gasteiger partial charge in [-0.05, 0) is 31.5 Å². The first kappa shape index (κ1) is 13.5. The molecule has 1 aliphatic rings. The normalized spacial score (nSPS) is 22.9. The maximum absolute atomic E-state index is 5.54. The first-order chi connectivity index (χ1) is 8.83. The van der Waals surface area contributed by atoms with Crippen LogP contribution in [0.5, 0.6) is 0 Å². The molecule has 1 fully saturated rings. The molecule has 0 amide bonds. The third-order valence-electron chi connectivity index (χ3n) is 3.80. The van der Waals surface area contributed by atoms with E-state index in [1.165, 1.54) is 18.5 Å². The lowest BCUT2D eigenvalue weighted by atomic mass is 9.86. The number of rotatable bonds is 6. The van der Waals surface area contributed by atoms with Crippen molar-refractivity contribution in [3.8, 4) is 0 Å². The number of nitrogens with zero attached hydrogens (tertiary/aromatic N) is 1. The third kappa shape index (κ3) is 3.30. The monoisotopic (exact) mass is 248 g/mol. The number of pyridine rings is 1. The molecule has 0 radical (unpaired) electrons. The molecule has 1 saturated heterocycles. The minimum Gasteiger partial charge on any atom is -0.381 e. The van der Waals surface area contributed by atoms with Gasteiger partial charge in [-0.25, -0.2) is 0 Å². The Balaban J connectivity index is 2.07. The summed E-state index contributed by atoms with van der Waals surface area (Å²) in [5.74, 6) is 1.05. The van der Waals surface area contributed by atoms with Crippen LogP contribution in [0.1, 0.15) is 38.3 Å². The van der Waals surface area contributed by atoms with Gasteiger partial charge in [0.2, 0.25) is 0 Å². The predicted octanol–water partition coefficient (Wildman–Crippen LogP) is 2.59. The zero-order chi connectivity index (χ0) is 12.8. The topological polar surface area (TPSA) is 34.1 Å². The molecule has 0 bridgehead atoms. The summed E-state index contributed by atoms with van der Waals surface area (Å²) in [5.41, 5.74) is 1.18. The van der Waals surface area contributed by atoms with E-state index in [0.29, 0.717) is 17.9 Å². The maximum Gasteiger partial charge on any atom is 0.0510 e. The molecule has 2 rings (SSSR count). The summed E-state index contributed by atoms with van der Waals surface area (Å²) in [6.45, 7) is 7.34. The largest absolute Gasteiger partial charge is 0.381 e. The summed E-state index contributed by atoms with van der Waals surface area (Å²) in [4.78, 5) is 4.50. The Hall–Kier alpha value is -0.930. The van der Waals surface area contributed by atoms with E-state index in [1.54, 1.807) is 0 Å². The molecule has 1 N–H and O–H groups in total. The quantitative estimate of drug-likeness (QED) is 0.840. The van der Waals surface area contributed by atoms with Crippen molar-refractivity contribution >= 4 is 0 Å². The molecule has 3 heteroatoms. The summed E-state index contributed by atoms with van der Waals surface area (Å²) in [6, 6.07) is 6.65. The van der Waals surface area contributed by atoms with Crippen LogP contribution in [0.15, 0.2) is 24.4 Å². The van der Waals surface area contributed by atoms with Gasteiger partial charge < -0.3 is 10.1 Å². The van der Waals surface area contributed by atoms with Gasteiger partial charge in [-0.15, -0.1) is 0 Å².